The number of allylic oxidation sites excluding steroid dienone is 1. The average Bonchev–Trinajstić information content (AvgIpc) is 3.01. The topological polar surface area (TPSA) is 92.1 Å². The minimum absolute atomic E-state index is 0.418. The maximum absolute atomic E-state index is 12.3. The summed E-state index contributed by atoms with van der Waals surface area (Å²) in [5.41, 5.74) is 1.04. The number of rotatable bonds is 7. The van der Waals surface area contributed by atoms with Crippen molar-refractivity contribution in [3.63, 3.8) is 0 Å². The number of anilines is 1. The van der Waals surface area contributed by atoms with E-state index in [0.29, 0.717) is 23.7 Å². The molecular formula is C18H17N3O3S. The maximum atomic E-state index is 12.3. The van der Waals surface area contributed by atoms with Crippen molar-refractivity contribution >= 4 is 34.8 Å². The number of hydrogen-bond acceptors (Lipinski definition) is 6. The van der Waals surface area contributed by atoms with E-state index >= 15 is 0 Å². The van der Waals surface area contributed by atoms with Crippen molar-refractivity contribution in [2.75, 3.05) is 11.9 Å². The van der Waals surface area contributed by atoms with E-state index in [0.717, 1.165) is 5.01 Å². The molecule has 1 unspecified atom stereocenters. The second-order valence-electron chi connectivity index (χ2n) is 5.01. The molecule has 25 heavy (non-hydrogen) atoms. The predicted molar refractivity (Wildman–Crippen MR) is 96.2 cm³/mol. The maximum Gasteiger partial charge on any atom is 0.249 e. The summed E-state index contributed by atoms with van der Waals surface area (Å²) in [4.78, 5) is 28.7. The highest BCUT2D eigenvalue weighted by Gasteiger charge is 2.25. The summed E-state index contributed by atoms with van der Waals surface area (Å²) in [5, 5.41) is 14.4. The van der Waals surface area contributed by atoms with Gasteiger partial charge in [0.25, 0.3) is 0 Å². The van der Waals surface area contributed by atoms with E-state index in [4.69, 9.17) is 4.74 Å². The van der Waals surface area contributed by atoms with Crippen LogP contribution in [0.2, 0.25) is 0 Å². The highest BCUT2D eigenvalue weighted by molar-refractivity contribution is 7.09. The zero-order valence-electron chi connectivity index (χ0n) is 13.9. The molecule has 0 radical (unpaired) electrons. The van der Waals surface area contributed by atoms with Gasteiger partial charge in [-0.15, -0.1) is 11.3 Å². The molecule has 2 aromatic rings. The highest BCUT2D eigenvalue weighted by atomic mass is 32.1. The fourth-order valence-corrected chi connectivity index (χ4v) is 2.61. The molecule has 1 aromatic carbocycles. The number of aromatic nitrogens is 1. The highest BCUT2D eigenvalue weighted by Crippen LogP contribution is 2.24. The van der Waals surface area contributed by atoms with Gasteiger partial charge in [-0.05, 0) is 38.1 Å². The van der Waals surface area contributed by atoms with Crippen LogP contribution in [0.1, 0.15) is 17.6 Å². The van der Waals surface area contributed by atoms with Gasteiger partial charge in [0, 0.05) is 5.38 Å². The van der Waals surface area contributed by atoms with Crippen molar-refractivity contribution < 1.29 is 14.3 Å². The van der Waals surface area contributed by atoms with Crippen LogP contribution in [-0.4, -0.2) is 23.3 Å². The molecule has 128 valence electrons. The SMILES string of the molecule is CCOc1ccccc1NC(=O)C(C#N)C(=O)/C=C/c1csc(C)n1. The van der Waals surface area contributed by atoms with Gasteiger partial charge < -0.3 is 10.1 Å². The first-order valence-electron chi connectivity index (χ1n) is 7.61. The Morgan fingerprint density at radius 3 is 2.84 bits per heavy atom. The van der Waals surface area contributed by atoms with Gasteiger partial charge in [-0.1, -0.05) is 12.1 Å². The first-order valence-corrected chi connectivity index (χ1v) is 8.49. The van der Waals surface area contributed by atoms with Gasteiger partial charge in [0.05, 0.1) is 29.1 Å². The van der Waals surface area contributed by atoms with Crippen molar-refractivity contribution in [1.82, 2.24) is 4.98 Å². The molecular weight excluding hydrogens is 338 g/mol. The van der Waals surface area contributed by atoms with Crippen molar-refractivity contribution in [2.24, 2.45) is 5.92 Å². The minimum Gasteiger partial charge on any atom is -0.492 e. The van der Waals surface area contributed by atoms with Gasteiger partial charge in [0.15, 0.2) is 11.7 Å². The number of carbonyl (C=O) groups excluding carboxylic acids is 2. The zero-order chi connectivity index (χ0) is 18.2. The number of ether oxygens (including phenoxy) is 1. The summed E-state index contributed by atoms with van der Waals surface area (Å²) in [5.74, 6) is -2.25. The van der Waals surface area contributed by atoms with Gasteiger partial charge >= 0.3 is 0 Å². The van der Waals surface area contributed by atoms with Crippen molar-refractivity contribution in [1.29, 1.82) is 5.26 Å². The lowest BCUT2D eigenvalue weighted by Crippen LogP contribution is -2.27. The van der Waals surface area contributed by atoms with Crippen LogP contribution in [0.3, 0.4) is 0 Å². The van der Waals surface area contributed by atoms with E-state index in [1.807, 2.05) is 13.8 Å². The Balaban J connectivity index is 2.09. The van der Waals surface area contributed by atoms with Crippen LogP contribution >= 0.6 is 11.3 Å². The molecule has 0 saturated carbocycles. The molecule has 1 N–H and O–H groups in total. The van der Waals surface area contributed by atoms with Crippen LogP contribution in [-0.2, 0) is 9.59 Å². The monoisotopic (exact) mass is 355 g/mol. The standard InChI is InChI=1S/C18H17N3O3S/c1-3-24-17-7-5-4-6-15(17)21-18(23)14(10-19)16(22)9-8-13-11-25-12(2)20-13/h4-9,11,14H,3H2,1-2H3,(H,21,23)/b9-8+. The Morgan fingerprint density at radius 2 is 2.20 bits per heavy atom. The molecule has 0 saturated heterocycles. The zero-order valence-corrected chi connectivity index (χ0v) is 14.7. The molecule has 1 aromatic heterocycles. The normalized spacial score (nSPS) is 11.7. The fraction of sp³-hybridized carbons (Fsp3) is 0.222. The number of aryl methyl sites for hydroxylation is 1. The van der Waals surface area contributed by atoms with E-state index in [1.165, 1.54) is 23.5 Å². The van der Waals surface area contributed by atoms with Crippen LogP contribution < -0.4 is 10.1 Å². The number of ketones is 1. The smallest absolute Gasteiger partial charge is 0.249 e. The van der Waals surface area contributed by atoms with Crippen LogP contribution in [0.25, 0.3) is 6.08 Å². The molecule has 0 spiro atoms. The number of thiazole rings is 1. The van der Waals surface area contributed by atoms with Gasteiger partial charge in [-0.25, -0.2) is 4.98 Å². The molecule has 0 fully saturated rings. The summed E-state index contributed by atoms with van der Waals surface area (Å²) in [6.45, 7) is 4.11. The fourth-order valence-electron chi connectivity index (χ4n) is 2.03. The van der Waals surface area contributed by atoms with Crippen LogP contribution in [0.15, 0.2) is 35.7 Å². The molecule has 2 rings (SSSR count). The molecule has 0 aliphatic heterocycles. The number of amides is 1. The summed E-state index contributed by atoms with van der Waals surface area (Å²) < 4.78 is 5.42. The third kappa shape index (κ3) is 4.99. The lowest BCUT2D eigenvalue weighted by Gasteiger charge is -2.12. The molecule has 1 heterocycles. The van der Waals surface area contributed by atoms with Crippen molar-refractivity contribution in [3.05, 3.63) is 46.4 Å². The molecule has 1 amide bonds. The quantitative estimate of drug-likeness (QED) is 0.608. The van der Waals surface area contributed by atoms with E-state index in [1.54, 1.807) is 35.7 Å². The first kappa shape index (κ1) is 18.4. The van der Waals surface area contributed by atoms with Gasteiger partial charge in [-0.3, -0.25) is 9.59 Å². The van der Waals surface area contributed by atoms with Crippen molar-refractivity contribution in [2.45, 2.75) is 13.8 Å². The largest absolute Gasteiger partial charge is 0.492 e. The number of benzene rings is 1. The Labute approximate surface area is 149 Å². The number of hydrogen-bond donors (Lipinski definition) is 1. The van der Waals surface area contributed by atoms with Crippen LogP contribution in [0, 0.1) is 24.2 Å². The van der Waals surface area contributed by atoms with Gasteiger partial charge in [0.1, 0.15) is 5.75 Å². The van der Waals surface area contributed by atoms with E-state index < -0.39 is 17.6 Å². The van der Waals surface area contributed by atoms with E-state index in [2.05, 4.69) is 10.3 Å². The Bertz CT molecular complexity index is 836. The summed E-state index contributed by atoms with van der Waals surface area (Å²) in [7, 11) is 0. The number of nitriles is 1. The lowest BCUT2D eigenvalue weighted by atomic mass is 10.0. The molecule has 1 atom stereocenters. The van der Waals surface area contributed by atoms with Gasteiger partial charge in [-0.2, -0.15) is 5.26 Å². The number of carbonyl (C=O) groups is 2. The first-order chi connectivity index (χ1) is 12.0. The van der Waals surface area contributed by atoms with Crippen molar-refractivity contribution in [3.8, 4) is 11.8 Å². The Kier molecular flexibility index (Phi) is 6.43. The number of nitrogens with zero attached hydrogens (tertiary/aromatic N) is 2. The summed E-state index contributed by atoms with van der Waals surface area (Å²) in [6.07, 6.45) is 2.70. The van der Waals surface area contributed by atoms with E-state index in [-0.39, 0.29) is 0 Å². The third-order valence-electron chi connectivity index (χ3n) is 3.18. The summed E-state index contributed by atoms with van der Waals surface area (Å²) in [6, 6.07) is 8.59. The third-order valence-corrected chi connectivity index (χ3v) is 3.97. The van der Waals surface area contributed by atoms with Gasteiger partial charge in [0.2, 0.25) is 5.91 Å². The second-order valence-corrected chi connectivity index (χ2v) is 6.07. The Hall–Kier alpha value is -2.98. The second kappa shape index (κ2) is 8.76. The molecule has 7 heteroatoms. The minimum atomic E-state index is -1.44. The van der Waals surface area contributed by atoms with Crippen LogP contribution in [0.4, 0.5) is 5.69 Å². The van der Waals surface area contributed by atoms with E-state index in [9.17, 15) is 14.9 Å². The number of para-hydroxylation sites is 2. The Morgan fingerprint density at radius 1 is 1.44 bits per heavy atom. The molecule has 0 bridgehead atoms. The summed E-state index contributed by atoms with van der Waals surface area (Å²) >= 11 is 1.45. The predicted octanol–water partition coefficient (Wildman–Crippen LogP) is 3.21. The molecule has 6 nitrogen and oxygen atoms in total. The van der Waals surface area contributed by atoms with Crippen LogP contribution in [0.5, 0.6) is 5.75 Å². The average molecular weight is 355 g/mol. The molecule has 0 aliphatic rings. The number of nitrogens with one attached hydrogen (secondary N) is 1. The lowest BCUT2D eigenvalue weighted by molar-refractivity contribution is -0.126. The molecule has 0 aliphatic carbocycles.